The molecule has 0 spiro atoms. The van der Waals surface area contributed by atoms with Crippen LogP contribution in [-0.2, 0) is 16.0 Å². The number of methoxy groups -OCH3 is 1. The summed E-state index contributed by atoms with van der Waals surface area (Å²) >= 11 is 6.04. The average Bonchev–Trinajstić information content (AvgIpc) is 2.38. The van der Waals surface area contributed by atoms with Crippen LogP contribution in [0.4, 0.5) is 5.82 Å². The summed E-state index contributed by atoms with van der Waals surface area (Å²) in [5, 5.41) is 0. The van der Waals surface area contributed by atoms with Crippen LogP contribution in [0.25, 0.3) is 0 Å². The average molecular weight is 299 g/mol. The largest absolute Gasteiger partial charge is 0.383 e. The molecule has 3 nitrogen and oxygen atoms in total. The number of rotatable bonds is 6. The van der Waals surface area contributed by atoms with Gasteiger partial charge in [0.05, 0.1) is 12.6 Å². The zero-order chi connectivity index (χ0) is 15.3. The molecule has 0 bridgehead atoms. The molecule has 4 heteroatoms. The van der Waals surface area contributed by atoms with Gasteiger partial charge in [-0.25, -0.2) is 4.98 Å². The SMILES string of the molecule is CCN(c1cc(CCl)cc(C(C)(C)C)n1)C(C)COC. The monoisotopic (exact) mass is 298 g/mol. The smallest absolute Gasteiger partial charge is 0.129 e. The molecule has 0 aliphatic carbocycles. The van der Waals surface area contributed by atoms with Gasteiger partial charge in [0.1, 0.15) is 5.82 Å². The molecule has 20 heavy (non-hydrogen) atoms. The van der Waals surface area contributed by atoms with Gasteiger partial charge in [-0.05, 0) is 31.5 Å². The molecule has 1 atom stereocenters. The maximum atomic E-state index is 6.04. The van der Waals surface area contributed by atoms with Crippen molar-refractivity contribution in [3.05, 3.63) is 23.4 Å². The Morgan fingerprint density at radius 3 is 2.45 bits per heavy atom. The highest BCUT2D eigenvalue weighted by molar-refractivity contribution is 6.17. The van der Waals surface area contributed by atoms with Gasteiger partial charge in [-0.1, -0.05) is 20.8 Å². The minimum Gasteiger partial charge on any atom is -0.383 e. The van der Waals surface area contributed by atoms with Crippen molar-refractivity contribution in [1.29, 1.82) is 0 Å². The number of hydrogen-bond donors (Lipinski definition) is 0. The van der Waals surface area contributed by atoms with Crippen LogP contribution in [0.2, 0.25) is 0 Å². The molecular formula is C16H27ClN2O. The summed E-state index contributed by atoms with van der Waals surface area (Å²) < 4.78 is 5.27. The van der Waals surface area contributed by atoms with Gasteiger partial charge in [0.15, 0.2) is 0 Å². The molecule has 0 aliphatic heterocycles. The van der Waals surface area contributed by atoms with Gasteiger partial charge in [0.2, 0.25) is 0 Å². The lowest BCUT2D eigenvalue weighted by Gasteiger charge is -2.30. The second-order valence-electron chi connectivity index (χ2n) is 6.19. The Hall–Kier alpha value is -0.800. The van der Waals surface area contributed by atoms with E-state index < -0.39 is 0 Å². The van der Waals surface area contributed by atoms with E-state index in [9.17, 15) is 0 Å². The molecule has 0 amide bonds. The van der Waals surface area contributed by atoms with Gasteiger partial charge in [0.25, 0.3) is 0 Å². The molecule has 1 rings (SSSR count). The maximum Gasteiger partial charge on any atom is 0.129 e. The van der Waals surface area contributed by atoms with Gasteiger partial charge in [-0.3, -0.25) is 0 Å². The van der Waals surface area contributed by atoms with Crippen LogP contribution in [0.5, 0.6) is 0 Å². The number of aromatic nitrogens is 1. The summed E-state index contributed by atoms with van der Waals surface area (Å²) in [6.45, 7) is 12.4. The molecule has 0 aromatic carbocycles. The summed E-state index contributed by atoms with van der Waals surface area (Å²) in [4.78, 5) is 7.10. The molecule has 0 N–H and O–H groups in total. The van der Waals surface area contributed by atoms with Crippen molar-refractivity contribution in [2.75, 3.05) is 25.2 Å². The second-order valence-corrected chi connectivity index (χ2v) is 6.46. The number of nitrogens with zero attached hydrogens (tertiary/aromatic N) is 2. The third-order valence-electron chi connectivity index (χ3n) is 3.37. The van der Waals surface area contributed by atoms with Gasteiger partial charge >= 0.3 is 0 Å². The van der Waals surface area contributed by atoms with Crippen molar-refractivity contribution in [3.63, 3.8) is 0 Å². The molecule has 1 aromatic rings. The molecule has 0 saturated carbocycles. The zero-order valence-electron chi connectivity index (χ0n) is 13.5. The summed E-state index contributed by atoms with van der Waals surface area (Å²) in [6, 6.07) is 4.47. The number of halogens is 1. The minimum atomic E-state index is 0.0146. The third-order valence-corrected chi connectivity index (χ3v) is 3.68. The number of anilines is 1. The molecule has 0 saturated heterocycles. The lowest BCUT2D eigenvalue weighted by atomic mass is 9.91. The molecule has 0 fully saturated rings. The summed E-state index contributed by atoms with van der Waals surface area (Å²) in [6.07, 6.45) is 0. The quantitative estimate of drug-likeness (QED) is 0.743. The van der Waals surface area contributed by atoms with Crippen LogP contribution in [0, 0.1) is 0 Å². The summed E-state index contributed by atoms with van der Waals surface area (Å²) in [5.41, 5.74) is 2.21. The Bertz CT molecular complexity index is 429. The fourth-order valence-electron chi connectivity index (χ4n) is 2.21. The fourth-order valence-corrected chi connectivity index (χ4v) is 2.36. The highest BCUT2D eigenvalue weighted by Gasteiger charge is 2.20. The van der Waals surface area contributed by atoms with E-state index >= 15 is 0 Å². The number of alkyl halides is 1. The Balaban J connectivity index is 3.21. The van der Waals surface area contributed by atoms with Gasteiger partial charge in [-0.15, -0.1) is 11.6 Å². The van der Waals surface area contributed by atoms with E-state index in [2.05, 4.69) is 51.7 Å². The predicted octanol–water partition coefficient (Wildman–Crippen LogP) is 3.98. The van der Waals surface area contributed by atoms with Crippen molar-refractivity contribution >= 4 is 17.4 Å². The highest BCUT2D eigenvalue weighted by Crippen LogP contribution is 2.26. The van der Waals surface area contributed by atoms with E-state index in [0.29, 0.717) is 12.5 Å². The molecule has 0 aliphatic rings. The van der Waals surface area contributed by atoms with Crippen LogP contribution < -0.4 is 4.90 Å². The molecular weight excluding hydrogens is 272 g/mol. The lowest BCUT2D eigenvalue weighted by molar-refractivity contribution is 0.181. The first-order chi connectivity index (χ1) is 9.33. The Kier molecular flexibility index (Phi) is 6.28. The lowest BCUT2D eigenvalue weighted by Crippen LogP contribution is -2.37. The summed E-state index contributed by atoms with van der Waals surface area (Å²) in [5.74, 6) is 1.49. The Labute approximate surface area is 128 Å². The van der Waals surface area contributed by atoms with Crippen molar-refractivity contribution in [2.24, 2.45) is 0 Å². The first kappa shape index (κ1) is 17.3. The van der Waals surface area contributed by atoms with E-state index in [1.807, 2.05) is 0 Å². The molecule has 0 radical (unpaired) electrons. The third kappa shape index (κ3) is 4.35. The number of pyridine rings is 1. The van der Waals surface area contributed by atoms with Gasteiger partial charge in [-0.2, -0.15) is 0 Å². The van der Waals surface area contributed by atoms with Crippen molar-refractivity contribution in [1.82, 2.24) is 4.98 Å². The Morgan fingerprint density at radius 1 is 1.35 bits per heavy atom. The van der Waals surface area contributed by atoms with Crippen LogP contribution >= 0.6 is 11.6 Å². The first-order valence-electron chi connectivity index (χ1n) is 7.16. The van der Waals surface area contributed by atoms with Crippen LogP contribution in [0.1, 0.15) is 45.9 Å². The highest BCUT2D eigenvalue weighted by atomic mass is 35.5. The molecule has 1 unspecified atom stereocenters. The molecule has 114 valence electrons. The number of likely N-dealkylation sites (N-methyl/N-ethyl adjacent to an activating group) is 1. The van der Waals surface area contributed by atoms with Crippen LogP contribution in [0.15, 0.2) is 12.1 Å². The minimum absolute atomic E-state index is 0.0146. The number of hydrogen-bond acceptors (Lipinski definition) is 3. The van der Waals surface area contributed by atoms with E-state index in [4.69, 9.17) is 21.3 Å². The normalized spacial score (nSPS) is 13.3. The number of ether oxygens (including phenoxy) is 1. The van der Waals surface area contributed by atoms with Crippen molar-refractivity contribution in [3.8, 4) is 0 Å². The van der Waals surface area contributed by atoms with Crippen molar-refractivity contribution in [2.45, 2.75) is 52.0 Å². The van der Waals surface area contributed by atoms with E-state index in [1.54, 1.807) is 7.11 Å². The fraction of sp³-hybridized carbons (Fsp3) is 0.688. The van der Waals surface area contributed by atoms with Crippen LogP contribution in [0.3, 0.4) is 0 Å². The van der Waals surface area contributed by atoms with Gasteiger partial charge in [0, 0.05) is 30.6 Å². The van der Waals surface area contributed by atoms with Crippen molar-refractivity contribution < 1.29 is 4.74 Å². The van der Waals surface area contributed by atoms with Gasteiger partial charge < -0.3 is 9.64 Å². The topological polar surface area (TPSA) is 25.4 Å². The van der Waals surface area contributed by atoms with E-state index in [-0.39, 0.29) is 11.5 Å². The predicted molar refractivity (Wildman–Crippen MR) is 86.9 cm³/mol. The van der Waals surface area contributed by atoms with Crippen LogP contribution in [-0.4, -0.2) is 31.3 Å². The van der Waals surface area contributed by atoms with E-state index in [1.165, 1.54) is 0 Å². The molecule has 1 heterocycles. The standard InChI is InChI=1S/C16H27ClN2O/c1-7-19(12(2)11-20-6)15-9-13(10-17)8-14(18-15)16(3,4)5/h8-9,12H,7,10-11H2,1-6H3. The molecule has 1 aromatic heterocycles. The Morgan fingerprint density at radius 2 is 2.00 bits per heavy atom. The van der Waals surface area contributed by atoms with E-state index in [0.717, 1.165) is 23.6 Å². The summed E-state index contributed by atoms with van der Waals surface area (Å²) in [7, 11) is 1.73. The first-order valence-corrected chi connectivity index (χ1v) is 7.69. The zero-order valence-corrected chi connectivity index (χ0v) is 14.3. The maximum absolute atomic E-state index is 6.04. The second kappa shape index (κ2) is 7.28.